The molecular weight excluding hydrogens is 464 g/mol. The quantitative estimate of drug-likeness (QED) is 0.201. The van der Waals surface area contributed by atoms with E-state index in [0.717, 1.165) is 45.7 Å². The molecule has 0 aliphatic rings. The third-order valence-electron chi connectivity index (χ3n) is 6.15. The minimum Gasteiger partial charge on any atom is -0.355 e. The maximum atomic E-state index is 12.8. The highest BCUT2D eigenvalue weighted by Gasteiger charge is 2.14. The maximum absolute atomic E-state index is 12.8. The Morgan fingerprint density at radius 2 is 1.33 bits per heavy atom. The molecule has 184 valence electrons. The Hall–Kier alpha value is -3.64. The summed E-state index contributed by atoms with van der Waals surface area (Å²) in [6.07, 6.45) is 0. The van der Waals surface area contributed by atoms with Crippen molar-refractivity contribution in [2.24, 2.45) is 0 Å². The second-order valence-corrected chi connectivity index (χ2v) is 9.96. The van der Waals surface area contributed by atoms with E-state index in [2.05, 4.69) is 43.1 Å². The van der Waals surface area contributed by atoms with Crippen LogP contribution < -0.4 is 4.90 Å². The molecule has 0 fully saturated rings. The van der Waals surface area contributed by atoms with Gasteiger partial charge in [-0.3, -0.25) is 4.79 Å². The van der Waals surface area contributed by atoms with Gasteiger partial charge in [-0.25, -0.2) is 9.97 Å². The molecule has 0 atom stereocenters. The smallest absolute Gasteiger partial charge is 0.253 e. The van der Waals surface area contributed by atoms with Gasteiger partial charge in [0.15, 0.2) is 5.16 Å². The Labute approximate surface area is 218 Å². The topological polar surface area (TPSA) is 49.3 Å². The number of hydrogen-bond donors (Lipinski definition) is 0. The summed E-state index contributed by atoms with van der Waals surface area (Å²) in [4.78, 5) is 26.3. The first-order chi connectivity index (χ1) is 17.4. The highest BCUT2D eigenvalue weighted by molar-refractivity contribution is 7.98. The molecule has 6 heteroatoms. The van der Waals surface area contributed by atoms with Crippen LogP contribution in [0.2, 0.25) is 0 Å². The van der Waals surface area contributed by atoms with Gasteiger partial charge in [-0.15, -0.1) is 0 Å². The SMILES string of the molecule is Cc1nc(SCc2ccc(C(=O)N(C)Cc3ccccc3)cc2)nc(N(C)Cc2ccccc2)c1C. The molecule has 0 spiro atoms. The number of carbonyl (C=O) groups excluding carboxylic acids is 1. The Bertz CT molecular complexity index is 1290. The molecule has 0 bridgehead atoms. The highest BCUT2D eigenvalue weighted by atomic mass is 32.2. The summed E-state index contributed by atoms with van der Waals surface area (Å²) in [5.41, 5.74) is 6.26. The summed E-state index contributed by atoms with van der Waals surface area (Å²) >= 11 is 1.61. The fraction of sp³-hybridized carbons (Fsp3) is 0.233. The first-order valence-electron chi connectivity index (χ1n) is 12.0. The van der Waals surface area contributed by atoms with Crippen LogP contribution >= 0.6 is 11.8 Å². The van der Waals surface area contributed by atoms with Gasteiger partial charge in [-0.1, -0.05) is 84.6 Å². The molecular formula is C30H32N4OS. The predicted octanol–water partition coefficient (Wildman–Crippen LogP) is 6.29. The lowest BCUT2D eigenvalue weighted by Crippen LogP contribution is -2.26. The molecule has 3 aromatic carbocycles. The number of amides is 1. The molecule has 5 nitrogen and oxygen atoms in total. The standard InChI is InChI=1S/C30H32N4OS/c1-22-23(2)31-30(32-28(22)33(3)19-24-11-7-5-8-12-24)36-21-26-15-17-27(18-16-26)29(35)34(4)20-25-13-9-6-10-14-25/h5-18H,19-21H2,1-4H3. The van der Waals surface area contributed by atoms with E-state index in [4.69, 9.17) is 9.97 Å². The van der Waals surface area contributed by atoms with Gasteiger partial charge < -0.3 is 9.80 Å². The van der Waals surface area contributed by atoms with Gasteiger partial charge >= 0.3 is 0 Å². The second-order valence-electron chi connectivity index (χ2n) is 9.01. The van der Waals surface area contributed by atoms with Crippen LogP contribution in [-0.4, -0.2) is 34.9 Å². The van der Waals surface area contributed by atoms with E-state index in [0.29, 0.717) is 12.1 Å². The average molecular weight is 497 g/mol. The number of carbonyl (C=O) groups is 1. The molecule has 4 aromatic rings. The summed E-state index contributed by atoms with van der Waals surface area (Å²) < 4.78 is 0. The van der Waals surface area contributed by atoms with Gasteiger partial charge in [0.25, 0.3) is 5.91 Å². The van der Waals surface area contributed by atoms with Crippen LogP contribution in [0.3, 0.4) is 0 Å². The molecule has 0 saturated carbocycles. The number of rotatable bonds is 9. The zero-order valence-corrected chi connectivity index (χ0v) is 22.1. The zero-order chi connectivity index (χ0) is 25.5. The van der Waals surface area contributed by atoms with Crippen molar-refractivity contribution in [3.63, 3.8) is 0 Å². The van der Waals surface area contributed by atoms with Crippen molar-refractivity contribution in [3.05, 3.63) is 118 Å². The van der Waals surface area contributed by atoms with E-state index in [9.17, 15) is 4.79 Å². The summed E-state index contributed by atoms with van der Waals surface area (Å²) in [6, 6.07) is 28.3. The summed E-state index contributed by atoms with van der Waals surface area (Å²) in [6.45, 7) is 5.48. The first-order valence-corrected chi connectivity index (χ1v) is 13.0. The molecule has 1 amide bonds. The van der Waals surface area contributed by atoms with Crippen LogP contribution in [0.15, 0.2) is 90.1 Å². The third-order valence-corrected chi connectivity index (χ3v) is 7.06. The van der Waals surface area contributed by atoms with Gasteiger partial charge in [0, 0.05) is 49.8 Å². The van der Waals surface area contributed by atoms with Gasteiger partial charge in [0.05, 0.1) is 0 Å². The van der Waals surface area contributed by atoms with Crippen molar-refractivity contribution in [3.8, 4) is 0 Å². The van der Waals surface area contributed by atoms with Crippen molar-refractivity contribution in [2.45, 2.75) is 37.8 Å². The molecule has 0 saturated heterocycles. The van der Waals surface area contributed by atoms with Gasteiger partial charge in [0.2, 0.25) is 0 Å². The van der Waals surface area contributed by atoms with E-state index in [1.54, 1.807) is 16.7 Å². The molecule has 1 aromatic heterocycles. The molecule has 0 N–H and O–H groups in total. The number of hydrogen-bond acceptors (Lipinski definition) is 5. The number of aromatic nitrogens is 2. The van der Waals surface area contributed by atoms with Crippen LogP contribution in [0, 0.1) is 13.8 Å². The van der Waals surface area contributed by atoms with E-state index >= 15 is 0 Å². The normalized spacial score (nSPS) is 10.8. The van der Waals surface area contributed by atoms with E-state index in [1.165, 1.54) is 5.56 Å². The Balaban J connectivity index is 1.39. The van der Waals surface area contributed by atoms with E-state index in [1.807, 2.05) is 74.6 Å². The average Bonchev–Trinajstić information content (AvgIpc) is 2.90. The molecule has 36 heavy (non-hydrogen) atoms. The fourth-order valence-electron chi connectivity index (χ4n) is 4.00. The maximum Gasteiger partial charge on any atom is 0.253 e. The number of thioether (sulfide) groups is 1. The molecule has 0 radical (unpaired) electrons. The first kappa shape index (κ1) is 25.5. The Kier molecular flexibility index (Phi) is 8.39. The van der Waals surface area contributed by atoms with Crippen molar-refractivity contribution in [1.29, 1.82) is 0 Å². The van der Waals surface area contributed by atoms with Crippen molar-refractivity contribution in [2.75, 3.05) is 19.0 Å². The van der Waals surface area contributed by atoms with Gasteiger partial charge in [-0.05, 0) is 42.7 Å². The Morgan fingerprint density at radius 1 is 0.750 bits per heavy atom. The molecule has 1 heterocycles. The summed E-state index contributed by atoms with van der Waals surface area (Å²) in [5.74, 6) is 1.71. The summed E-state index contributed by atoms with van der Waals surface area (Å²) in [7, 11) is 3.91. The van der Waals surface area contributed by atoms with E-state index < -0.39 is 0 Å². The third kappa shape index (κ3) is 6.52. The van der Waals surface area contributed by atoms with Gasteiger partial charge in [-0.2, -0.15) is 0 Å². The molecule has 4 rings (SSSR count). The Morgan fingerprint density at radius 3 is 1.94 bits per heavy atom. The van der Waals surface area contributed by atoms with Crippen LogP contribution in [0.1, 0.15) is 38.3 Å². The molecule has 0 aliphatic carbocycles. The van der Waals surface area contributed by atoms with Crippen molar-refractivity contribution in [1.82, 2.24) is 14.9 Å². The van der Waals surface area contributed by atoms with E-state index in [-0.39, 0.29) is 5.91 Å². The van der Waals surface area contributed by atoms with Crippen LogP contribution in [0.4, 0.5) is 5.82 Å². The number of nitrogens with zero attached hydrogens (tertiary/aromatic N) is 4. The monoisotopic (exact) mass is 496 g/mol. The number of aryl methyl sites for hydroxylation is 1. The lowest BCUT2D eigenvalue weighted by Gasteiger charge is -2.21. The number of anilines is 1. The van der Waals surface area contributed by atoms with Gasteiger partial charge in [0.1, 0.15) is 5.82 Å². The van der Waals surface area contributed by atoms with Crippen LogP contribution in [0.5, 0.6) is 0 Å². The second kappa shape index (κ2) is 11.9. The molecule has 0 unspecified atom stereocenters. The largest absolute Gasteiger partial charge is 0.355 e. The lowest BCUT2D eigenvalue weighted by atomic mass is 10.1. The van der Waals surface area contributed by atoms with Crippen molar-refractivity contribution >= 4 is 23.5 Å². The van der Waals surface area contributed by atoms with Crippen LogP contribution in [-0.2, 0) is 18.8 Å². The predicted molar refractivity (Wildman–Crippen MR) is 148 cm³/mol. The van der Waals surface area contributed by atoms with Crippen molar-refractivity contribution < 1.29 is 4.79 Å². The number of benzene rings is 3. The highest BCUT2D eigenvalue weighted by Crippen LogP contribution is 2.26. The van der Waals surface area contributed by atoms with Crippen LogP contribution in [0.25, 0.3) is 0 Å². The minimum atomic E-state index is 0.0154. The summed E-state index contributed by atoms with van der Waals surface area (Å²) in [5, 5.41) is 0.760. The minimum absolute atomic E-state index is 0.0154. The fourth-order valence-corrected chi connectivity index (χ4v) is 4.84. The molecule has 0 aliphatic heterocycles. The lowest BCUT2D eigenvalue weighted by molar-refractivity contribution is 0.0785. The zero-order valence-electron chi connectivity index (χ0n) is 21.3.